The van der Waals surface area contributed by atoms with Crippen molar-refractivity contribution in [2.24, 2.45) is 0 Å². The van der Waals surface area contributed by atoms with Crippen molar-refractivity contribution < 1.29 is 18.3 Å². The number of aliphatic hydroxyl groups excluding tert-OH is 1. The summed E-state index contributed by atoms with van der Waals surface area (Å²) in [5.74, 6) is 0. The first-order chi connectivity index (χ1) is 8.39. The van der Waals surface area contributed by atoms with Crippen molar-refractivity contribution >= 4 is 27.3 Å². The Morgan fingerprint density at radius 3 is 2.61 bits per heavy atom. The Hall–Kier alpha value is -0.920. The maximum atomic E-state index is 12.6. The molecule has 0 aliphatic heterocycles. The van der Waals surface area contributed by atoms with Gasteiger partial charge in [0.25, 0.3) is 0 Å². The fourth-order valence-electron chi connectivity index (χ4n) is 1.46. The van der Waals surface area contributed by atoms with Crippen LogP contribution in [0.5, 0.6) is 0 Å². The number of rotatable bonds is 2. The molecule has 0 fully saturated rings. The predicted octanol–water partition coefficient (Wildman–Crippen LogP) is 4.01. The molecule has 2 rings (SSSR count). The standard InChI is InChI=1S/C11H7BrF3NOS/c12-10-9(18-5-16-10)8(17)6-2-1-3-7(4-6)11(13,14)15/h1-5,8,17H. The Kier molecular flexibility index (Phi) is 3.74. The Morgan fingerprint density at radius 2 is 2.06 bits per heavy atom. The van der Waals surface area contributed by atoms with Crippen molar-refractivity contribution in [2.75, 3.05) is 0 Å². The van der Waals surface area contributed by atoms with E-state index in [4.69, 9.17) is 0 Å². The van der Waals surface area contributed by atoms with Gasteiger partial charge < -0.3 is 5.11 Å². The normalized spacial score (nSPS) is 13.6. The van der Waals surface area contributed by atoms with Crippen molar-refractivity contribution in [3.8, 4) is 0 Å². The third-order valence-electron chi connectivity index (χ3n) is 2.33. The minimum absolute atomic E-state index is 0.190. The van der Waals surface area contributed by atoms with Crippen LogP contribution in [-0.2, 0) is 6.18 Å². The van der Waals surface area contributed by atoms with Crippen molar-refractivity contribution in [2.45, 2.75) is 12.3 Å². The van der Waals surface area contributed by atoms with Gasteiger partial charge in [-0.1, -0.05) is 12.1 Å². The van der Waals surface area contributed by atoms with E-state index in [1.165, 1.54) is 29.0 Å². The molecule has 1 N–H and O–H groups in total. The lowest BCUT2D eigenvalue weighted by atomic mass is 10.1. The highest BCUT2D eigenvalue weighted by atomic mass is 79.9. The molecule has 1 aromatic carbocycles. The zero-order valence-corrected chi connectivity index (χ0v) is 11.2. The van der Waals surface area contributed by atoms with Gasteiger partial charge in [-0.15, -0.1) is 11.3 Å². The van der Waals surface area contributed by atoms with Crippen LogP contribution in [0.4, 0.5) is 13.2 Å². The number of aromatic nitrogens is 1. The summed E-state index contributed by atoms with van der Waals surface area (Å²) in [4.78, 5) is 4.37. The Morgan fingerprint density at radius 1 is 1.33 bits per heavy atom. The van der Waals surface area contributed by atoms with E-state index in [9.17, 15) is 18.3 Å². The molecule has 1 unspecified atom stereocenters. The molecule has 1 heterocycles. The molecule has 0 saturated carbocycles. The van der Waals surface area contributed by atoms with Crippen LogP contribution in [0.3, 0.4) is 0 Å². The molecule has 96 valence electrons. The number of hydrogen-bond acceptors (Lipinski definition) is 3. The van der Waals surface area contributed by atoms with E-state index in [1.807, 2.05) is 0 Å². The molecule has 0 aliphatic carbocycles. The highest BCUT2D eigenvalue weighted by molar-refractivity contribution is 9.10. The Balaban J connectivity index is 2.38. The Labute approximate surface area is 113 Å². The fraction of sp³-hybridized carbons (Fsp3) is 0.182. The van der Waals surface area contributed by atoms with Crippen LogP contribution in [0, 0.1) is 0 Å². The average molecular weight is 338 g/mol. The minimum Gasteiger partial charge on any atom is -0.383 e. The highest BCUT2D eigenvalue weighted by Gasteiger charge is 2.31. The molecule has 0 bridgehead atoms. The summed E-state index contributed by atoms with van der Waals surface area (Å²) in [7, 11) is 0. The number of nitrogens with zero attached hydrogens (tertiary/aromatic N) is 1. The average Bonchev–Trinajstić information content (AvgIpc) is 2.73. The summed E-state index contributed by atoms with van der Waals surface area (Å²) in [5.41, 5.74) is 0.922. The zero-order chi connectivity index (χ0) is 13.3. The molecule has 0 amide bonds. The van der Waals surface area contributed by atoms with E-state index in [0.717, 1.165) is 12.1 Å². The minimum atomic E-state index is -4.42. The number of thiazole rings is 1. The van der Waals surface area contributed by atoms with Gasteiger partial charge in [0.15, 0.2) is 0 Å². The van der Waals surface area contributed by atoms with Gasteiger partial charge in [-0.2, -0.15) is 13.2 Å². The number of hydrogen-bond donors (Lipinski definition) is 1. The molecule has 7 heteroatoms. The van der Waals surface area contributed by atoms with Gasteiger partial charge >= 0.3 is 6.18 Å². The number of benzene rings is 1. The van der Waals surface area contributed by atoms with Crippen molar-refractivity contribution in [1.82, 2.24) is 4.98 Å². The number of aliphatic hydroxyl groups is 1. The monoisotopic (exact) mass is 337 g/mol. The van der Waals surface area contributed by atoms with Crippen molar-refractivity contribution in [3.63, 3.8) is 0 Å². The summed E-state index contributed by atoms with van der Waals surface area (Å²) >= 11 is 4.32. The van der Waals surface area contributed by atoms with E-state index in [-0.39, 0.29) is 5.56 Å². The quantitative estimate of drug-likeness (QED) is 0.898. The molecule has 0 saturated heterocycles. The lowest BCUT2D eigenvalue weighted by molar-refractivity contribution is -0.137. The van der Waals surface area contributed by atoms with Gasteiger partial charge in [0.2, 0.25) is 0 Å². The molecule has 1 atom stereocenters. The molecular formula is C11H7BrF3NOS. The molecule has 0 radical (unpaired) electrons. The first-order valence-electron chi connectivity index (χ1n) is 4.83. The molecule has 1 aromatic heterocycles. The molecule has 18 heavy (non-hydrogen) atoms. The number of alkyl halides is 3. The fourth-order valence-corrected chi connectivity index (χ4v) is 2.88. The predicted molar refractivity (Wildman–Crippen MR) is 65.3 cm³/mol. The Bertz CT molecular complexity index is 555. The summed E-state index contributed by atoms with van der Waals surface area (Å²) in [6.07, 6.45) is -5.53. The van der Waals surface area contributed by atoms with Crippen LogP contribution < -0.4 is 0 Å². The second-order valence-electron chi connectivity index (χ2n) is 3.53. The van der Waals surface area contributed by atoms with Crippen LogP contribution in [-0.4, -0.2) is 10.1 Å². The molecule has 2 nitrogen and oxygen atoms in total. The maximum Gasteiger partial charge on any atom is 0.416 e. The van der Waals surface area contributed by atoms with Gasteiger partial charge in [-0.25, -0.2) is 4.98 Å². The van der Waals surface area contributed by atoms with Gasteiger partial charge in [-0.05, 0) is 33.6 Å². The summed E-state index contributed by atoms with van der Waals surface area (Å²) in [6, 6.07) is 4.64. The van der Waals surface area contributed by atoms with Crippen molar-refractivity contribution in [3.05, 3.63) is 50.4 Å². The molecular weight excluding hydrogens is 331 g/mol. The maximum absolute atomic E-state index is 12.6. The van der Waals surface area contributed by atoms with Crippen LogP contribution >= 0.6 is 27.3 Å². The van der Waals surface area contributed by atoms with Gasteiger partial charge in [0.1, 0.15) is 10.7 Å². The third-order valence-corrected chi connectivity index (χ3v) is 4.10. The number of halogens is 4. The third kappa shape index (κ3) is 2.73. The van der Waals surface area contributed by atoms with E-state index >= 15 is 0 Å². The molecule has 0 spiro atoms. The van der Waals surface area contributed by atoms with Crippen LogP contribution in [0.1, 0.15) is 22.1 Å². The second-order valence-corrected chi connectivity index (χ2v) is 5.17. The van der Waals surface area contributed by atoms with E-state index in [2.05, 4.69) is 20.9 Å². The molecule has 2 aromatic rings. The van der Waals surface area contributed by atoms with Crippen LogP contribution in [0.25, 0.3) is 0 Å². The van der Waals surface area contributed by atoms with Crippen molar-refractivity contribution in [1.29, 1.82) is 0 Å². The lowest BCUT2D eigenvalue weighted by Crippen LogP contribution is -2.07. The van der Waals surface area contributed by atoms with E-state index in [1.54, 1.807) is 0 Å². The first kappa shape index (κ1) is 13.5. The summed E-state index contributed by atoms with van der Waals surface area (Å²) < 4.78 is 38.1. The van der Waals surface area contributed by atoms with Gasteiger partial charge in [-0.3, -0.25) is 0 Å². The smallest absolute Gasteiger partial charge is 0.383 e. The van der Waals surface area contributed by atoms with Crippen LogP contribution in [0.15, 0.2) is 34.4 Å². The second kappa shape index (κ2) is 4.99. The first-order valence-corrected chi connectivity index (χ1v) is 6.51. The SMILES string of the molecule is OC(c1cccc(C(F)(F)F)c1)c1scnc1Br. The highest BCUT2D eigenvalue weighted by Crippen LogP contribution is 2.34. The molecule has 0 aliphatic rings. The van der Waals surface area contributed by atoms with Gasteiger partial charge in [0.05, 0.1) is 16.0 Å². The topological polar surface area (TPSA) is 33.1 Å². The summed E-state index contributed by atoms with van der Waals surface area (Å²) in [5, 5.41) is 10.0. The summed E-state index contributed by atoms with van der Waals surface area (Å²) in [6.45, 7) is 0. The van der Waals surface area contributed by atoms with E-state index in [0.29, 0.717) is 9.48 Å². The van der Waals surface area contributed by atoms with Crippen LogP contribution in [0.2, 0.25) is 0 Å². The van der Waals surface area contributed by atoms with E-state index < -0.39 is 17.8 Å². The zero-order valence-electron chi connectivity index (χ0n) is 8.78. The van der Waals surface area contributed by atoms with Gasteiger partial charge in [0, 0.05) is 0 Å². The largest absolute Gasteiger partial charge is 0.416 e. The lowest BCUT2D eigenvalue weighted by Gasteiger charge is -2.12.